The van der Waals surface area contributed by atoms with Crippen LogP contribution in [0.1, 0.15) is 21.5 Å². The van der Waals surface area contributed by atoms with Crippen LogP contribution in [0.25, 0.3) is 0 Å². The topological polar surface area (TPSA) is 75.3 Å². The van der Waals surface area contributed by atoms with Gasteiger partial charge in [-0.15, -0.1) is 0 Å². The van der Waals surface area contributed by atoms with E-state index in [0.29, 0.717) is 5.69 Å². The van der Waals surface area contributed by atoms with E-state index in [1.165, 1.54) is 18.2 Å². The van der Waals surface area contributed by atoms with Crippen molar-refractivity contribution in [2.24, 2.45) is 0 Å². The first-order chi connectivity index (χ1) is 10.7. The van der Waals surface area contributed by atoms with Gasteiger partial charge >= 0.3 is 0 Å². The van der Waals surface area contributed by atoms with E-state index in [2.05, 4.69) is 10.0 Å². The number of carbonyl (C=O) groups excluding carboxylic acids is 1. The number of hydrogen-bond donors (Lipinski definition) is 2. The molecule has 0 atom stereocenters. The molecule has 7 heteroatoms. The fourth-order valence-corrected chi connectivity index (χ4v) is 2.88. The molecular weight excluding hydrogens is 336 g/mol. The highest BCUT2D eigenvalue weighted by molar-refractivity contribution is 7.92. The summed E-state index contributed by atoms with van der Waals surface area (Å²) in [4.78, 5) is 12.4. The molecule has 0 aliphatic heterocycles. The predicted molar refractivity (Wildman–Crippen MR) is 93.8 cm³/mol. The normalized spacial score (nSPS) is 11.1. The Morgan fingerprint density at radius 3 is 2.39 bits per heavy atom. The first-order valence-electron chi connectivity index (χ1n) is 6.81. The maximum atomic E-state index is 12.4. The van der Waals surface area contributed by atoms with E-state index >= 15 is 0 Å². The van der Waals surface area contributed by atoms with Gasteiger partial charge in [-0.2, -0.15) is 0 Å². The van der Waals surface area contributed by atoms with Gasteiger partial charge in [-0.25, -0.2) is 8.42 Å². The maximum Gasteiger partial charge on any atom is 0.257 e. The number of anilines is 2. The standard InChI is InChI=1S/C16H17ClN2O3S/c1-10-4-7-15(11(2)8-10)18-16(20)13-9-12(5-6-14(13)17)19-23(3,21)22/h4-9,19H,1-3H3,(H,18,20). The summed E-state index contributed by atoms with van der Waals surface area (Å²) in [5.41, 5.74) is 3.18. The van der Waals surface area contributed by atoms with Crippen molar-refractivity contribution in [3.63, 3.8) is 0 Å². The van der Waals surface area contributed by atoms with Crippen LogP contribution in [0, 0.1) is 13.8 Å². The third-order valence-electron chi connectivity index (χ3n) is 3.14. The average Bonchev–Trinajstić information content (AvgIpc) is 2.42. The molecule has 1 amide bonds. The van der Waals surface area contributed by atoms with Crippen molar-refractivity contribution in [3.05, 3.63) is 58.1 Å². The highest BCUT2D eigenvalue weighted by atomic mass is 35.5. The third kappa shape index (κ3) is 4.71. The Bertz CT molecular complexity index is 864. The largest absolute Gasteiger partial charge is 0.322 e. The Balaban J connectivity index is 2.29. The molecule has 23 heavy (non-hydrogen) atoms. The average molecular weight is 353 g/mol. The molecule has 2 aromatic rings. The van der Waals surface area contributed by atoms with Crippen molar-refractivity contribution >= 4 is 38.9 Å². The lowest BCUT2D eigenvalue weighted by Gasteiger charge is -2.11. The highest BCUT2D eigenvalue weighted by Crippen LogP contribution is 2.23. The van der Waals surface area contributed by atoms with E-state index in [0.717, 1.165) is 17.4 Å². The molecule has 0 saturated heterocycles. The van der Waals surface area contributed by atoms with Crippen molar-refractivity contribution in [3.8, 4) is 0 Å². The third-order valence-corrected chi connectivity index (χ3v) is 4.08. The summed E-state index contributed by atoms with van der Waals surface area (Å²) < 4.78 is 24.9. The maximum absolute atomic E-state index is 12.4. The fourth-order valence-electron chi connectivity index (χ4n) is 2.12. The van der Waals surface area contributed by atoms with Gasteiger partial charge in [0.25, 0.3) is 5.91 Å². The number of hydrogen-bond acceptors (Lipinski definition) is 3. The zero-order valence-corrected chi connectivity index (χ0v) is 14.5. The number of nitrogens with one attached hydrogen (secondary N) is 2. The van der Waals surface area contributed by atoms with Crippen molar-refractivity contribution in [1.82, 2.24) is 0 Å². The molecule has 0 fully saturated rings. The van der Waals surface area contributed by atoms with Crippen LogP contribution in [0.3, 0.4) is 0 Å². The first-order valence-corrected chi connectivity index (χ1v) is 9.08. The number of rotatable bonds is 4. The summed E-state index contributed by atoms with van der Waals surface area (Å²) in [6.07, 6.45) is 1.04. The monoisotopic (exact) mass is 352 g/mol. The second kappa shape index (κ2) is 6.60. The zero-order chi connectivity index (χ0) is 17.2. The molecule has 0 saturated carbocycles. The van der Waals surface area contributed by atoms with E-state index in [4.69, 9.17) is 11.6 Å². The molecule has 2 rings (SSSR count). The van der Waals surface area contributed by atoms with Gasteiger partial charge in [0.05, 0.1) is 16.8 Å². The molecule has 0 spiro atoms. The van der Waals surface area contributed by atoms with Crippen LogP contribution in [0.5, 0.6) is 0 Å². The van der Waals surface area contributed by atoms with Crippen molar-refractivity contribution in [2.45, 2.75) is 13.8 Å². The Morgan fingerprint density at radius 1 is 1.09 bits per heavy atom. The second-order valence-electron chi connectivity index (χ2n) is 5.34. The number of sulfonamides is 1. The molecule has 0 heterocycles. The number of carbonyl (C=O) groups is 1. The summed E-state index contributed by atoms with van der Waals surface area (Å²) in [6.45, 7) is 3.86. The molecule has 2 N–H and O–H groups in total. The molecule has 0 aliphatic carbocycles. The number of amides is 1. The van der Waals surface area contributed by atoms with Gasteiger partial charge in [-0.1, -0.05) is 29.3 Å². The van der Waals surface area contributed by atoms with E-state index in [9.17, 15) is 13.2 Å². The van der Waals surface area contributed by atoms with Gasteiger partial charge in [0.2, 0.25) is 10.0 Å². The van der Waals surface area contributed by atoms with Crippen LogP contribution < -0.4 is 10.0 Å². The molecule has 0 bridgehead atoms. The lowest BCUT2D eigenvalue weighted by Crippen LogP contribution is -2.15. The Kier molecular flexibility index (Phi) is 4.97. The summed E-state index contributed by atoms with van der Waals surface area (Å²) >= 11 is 6.06. The van der Waals surface area contributed by atoms with Crippen LogP contribution in [-0.4, -0.2) is 20.6 Å². The smallest absolute Gasteiger partial charge is 0.257 e. The minimum atomic E-state index is -3.43. The number of halogens is 1. The van der Waals surface area contributed by atoms with Crippen LogP contribution in [0.2, 0.25) is 5.02 Å². The minimum absolute atomic E-state index is 0.195. The van der Waals surface area contributed by atoms with Gasteiger partial charge in [0, 0.05) is 11.4 Å². The SMILES string of the molecule is Cc1ccc(NC(=O)c2cc(NS(C)(=O)=O)ccc2Cl)c(C)c1. The minimum Gasteiger partial charge on any atom is -0.322 e. The fraction of sp³-hybridized carbons (Fsp3) is 0.188. The van der Waals surface area contributed by atoms with Crippen molar-refractivity contribution < 1.29 is 13.2 Å². The highest BCUT2D eigenvalue weighted by Gasteiger charge is 2.14. The molecule has 0 aliphatic rings. The summed E-state index contributed by atoms with van der Waals surface area (Å²) in [5, 5.41) is 3.03. The zero-order valence-electron chi connectivity index (χ0n) is 13.0. The van der Waals surface area contributed by atoms with Crippen LogP contribution in [0.4, 0.5) is 11.4 Å². The van der Waals surface area contributed by atoms with Crippen molar-refractivity contribution in [2.75, 3.05) is 16.3 Å². The van der Waals surface area contributed by atoms with E-state index in [1.54, 1.807) is 0 Å². The van der Waals surface area contributed by atoms with Crippen molar-refractivity contribution in [1.29, 1.82) is 0 Å². The summed E-state index contributed by atoms with van der Waals surface area (Å²) in [5.74, 6) is -0.404. The van der Waals surface area contributed by atoms with Gasteiger partial charge in [-0.3, -0.25) is 9.52 Å². The Labute approximate surface area is 140 Å². The van der Waals surface area contributed by atoms with E-state index < -0.39 is 15.9 Å². The molecule has 5 nitrogen and oxygen atoms in total. The Morgan fingerprint density at radius 2 is 1.78 bits per heavy atom. The van der Waals surface area contributed by atoms with Gasteiger partial charge in [0.15, 0.2) is 0 Å². The lowest BCUT2D eigenvalue weighted by atomic mass is 10.1. The van der Waals surface area contributed by atoms with Crippen LogP contribution in [-0.2, 0) is 10.0 Å². The van der Waals surface area contributed by atoms with Crippen LogP contribution in [0.15, 0.2) is 36.4 Å². The lowest BCUT2D eigenvalue weighted by molar-refractivity contribution is 0.102. The van der Waals surface area contributed by atoms with E-state index in [-0.39, 0.29) is 16.3 Å². The Hall–Kier alpha value is -2.05. The number of aryl methyl sites for hydroxylation is 2. The molecule has 2 aromatic carbocycles. The number of benzene rings is 2. The first kappa shape index (κ1) is 17.3. The molecule has 122 valence electrons. The second-order valence-corrected chi connectivity index (χ2v) is 7.50. The molecule has 0 unspecified atom stereocenters. The molecule has 0 radical (unpaired) electrons. The van der Waals surface area contributed by atoms with Crippen LogP contribution >= 0.6 is 11.6 Å². The van der Waals surface area contributed by atoms with Gasteiger partial charge in [-0.05, 0) is 43.7 Å². The van der Waals surface area contributed by atoms with E-state index in [1.807, 2.05) is 32.0 Å². The van der Waals surface area contributed by atoms with Gasteiger partial charge in [0.1, 0.15) is 0 Å². The predicted octanol–water partition coefficient (Wildman–Crippen LogP) is 3.58. The molecule has 0 aromatic heterocycles. The van der Waals surface area contributed by atoms with Gasteiger partial charge < -0.3 is 5.32 Å². The summed E-state index contributed by atoms with van der Waals surface area (Å²) in [7, 11) is -3.43. The molecular formula is C16H17ClN2O3S. The quantitative estimate of drug-likeness (QED) is 0.883. The summed E-state index contributed by atoms with van der Waals surface area (Å²) in [6, 6.07) is 10.0.